The number of carboxylic acid groups (broad SMARTS) is 2. The fourth-order valence-electron chi connectivity index (χ4n) is 5.10. The summed E-state index contributed by atoms with van der Waals surface area (Å²) in [5.74, 6) is -2.72. The molecule has 6 heteroatoms. The number of nitrogens with zero attached hydrogens (tertiary/aromatic N) is 1. The Morgan fingerprint density at radius 3 is 2.50 bits per heavy atom. The summed E-state index contributed by atoms with van der Waals surface area (Å²) in [4.78, 5) is 24.8. The summed E-state index contributed by atoms with van der Waals surface area (Å²) in [6, 6.07) is 12.5. The molecule has 1 fully saturated rings. The summed E-state index contributed by atoms with van der Waals surface area (Å²) < 4.78 is 13.4. The van der Waals surface area contributed by atoms with E-state index in [1.807, 2.05) is 12.1 Å². The Hall–Kier alpha value is -3.41. The molecule has 166 valence electrons. The van der Waals surface area contributed by atoms with Crippen molar-refractivity contribution in [2.75, 3.05) is 6.54 Å². The van der Waals surface area contributed by atoms with E-state index < -0.39 is 11.9 Å². The number of piperidine rings is 1. The molecule has 2 aromatic carbocycles. The van der Waals surface area contributed by atoms with Crippen LogP contribution in [0.5, 0.6) is 0 Å². The van der Waals surface area contributed by atoms with Crippen LogP contribution in [0.25, 0.3) is 16.7 Å². The third-order valence-corrected chi connectivity index (χ3v) is 6.57. The molecule has 1 heterocycles. The maximum Gasteiger partial charge on any atom is 0.352 e. The van der Waals surface area contributed by atoms with Crippen molar-refractivity contribution in [2.24, 2.45) is 5.92 Å². The number of fused-ring (bicyclic) bond motifs is 1. The molecule has 5 nitrogen and oxygen atoms in total. The third kappa shape index (κ3) is 4.17. The van der Waals surface area contributed by atoms with Crippen molar-refractivity contribution in [3.05, 3.63) is 77.3 Å². The van der Waals surface area contributed by atoms with Crippen molar-refractivity contribution < 1.29 is 24.2 Å². The number of benzene rings is 2. The molecule has 0 amide bonds. The van der Waals surface area contributed by atoms with Crippen LogP contribution in [-0.4, -0.2) is 39.6 Å². The first-order valence-corrected chi connectivity index (χ1v) is 10.9. The Bertz CT molecular complexity index is 1100. The highest BCUT2D eigenvalue weighted by Gasteiger charge is 2.35. The normalized spacial score (nSPS) is 19.3. The highest BCUT2D eigenvalue weighted by Crippen LogP contribution is 2.42. The second kappa shape index (κ2) is 8.99. The molecule has 2 aliphatic rings. The first-order chi connectivity index (χ1) is 15.4. The van der Waals surface area contributed by atoms with Gasteiger partial charge in [-0.05, 0) is 65.6 Å². The minimum Gasteiger partial charge on any atom is -0.478 e. The first-order valence-electron chi connectivity index (χ1n) is 10.9. The van der Waals surface area contributed by atoms with E-state index in [4.69, 9.17) is 0 Å². The van der Waals surface area contributed by atoms with E-state index in [0.29, 0.717) is 6.54 Å². The molecular formula is C26H26FNO4. The number of carboxylic acids is 2. The van der Waals surface area contributed by atoms with Crippen LogP contribution in [0.4, 0.5) is 4.39 Å². The maximum atomic E-state index is 13.4. The summed E-state index contributed by atoms with van der Waals surface area (Å²) >= 11 is 0. The predicted molar refractivity (Wildman–Crippen MR) is 120 cm³/mol. The number of aliphatic carboxylic acids is 2. The minimum absolute atomic E-state index is 0.0246. The van der Waals surface area contributed by atoms with E-state index in [1.165, 1.54) is 17.7 Å². The van der Waals surface area contributed by atoms with Crippen LogP contribution in [0, 0.1) is 11.7 Å². The number of rotatable bonds is 6. The van der Waals surface area contributed by atoms with Gasteiger partial charge in [0.15, 0.2) is 0 Å². The van der Waals surface area contributed by atoms with Crippen molar-refractivity contribution in [3.63, 3.8) is 0 Å². The van der Waals surface area contributed by atoms with E-state index in [-0.39, 0.29) is 23.5 Å². The number of allylic oxidation sites excluding steroid dienone is 1. The lowest BCUT2D eigenvalue weighted by Gasteiger charge is -2.41. The molecule has 1 aliphatic heterocycles. The van der Waals surface area contributed by atoms with Crippen LogP contribution in [0.1, 0.15) is 37.3 Å². The molecule has 0 aromatic heterocycles. The smallest absolute Gasteiger partial charge is 0.352 e. The monoisotopic (exact) mass is 435 g/mol. The highest BCUT2D eigenvalue weighted by atomic mass is 19.1. The summed E-state index contributed by atoms with van der Waals surface area (Å²) in [6.45, 7) is 2.62. The van der Waals surface area contributed by atoms with E-state index >= 15 is 0 Å². The molecule has 2 N–H and O–H groups in total. The molecule has 2 aromatic rings. The van der Waals surface area contributed by atoms with Gasteiger partial charge in [0, 0.05) is 18.5 Å². The Morgan fingerprint density at radius 1 is 1.09 bits per heavy atom. The van der Waals surface area contributed by atoms with Gasteiger partial charge in [0.05, 0.1) is 6.08 Å². The molecule has 1 aliphatic carbocycles. The number of halogens is 1. The largest absolute Gasteiger partial charge is 0.478 e. The van der Waals surface area contributed by atoms with Crippen LogP contribution in [0.15, 0.2) is 60.3 Å². The zero-order valence-electron chi connectivity index (χ0n) is 17.9. The lowest BCUT2D eigenvalue weighted by atomic mass is 9.83. The highest BCUT2D eigenvalue weighted by molar-refractivity contribution is 5.94. The van der Waals surface area contributed by atoms with E-state index in [9.17, 15) is 24.2 Å². The Morgan fingerprint density at radius 2 is 1.81 bits per heavy atom. The van der Waals surface area contributed by atoms with Crippen molar-refractivity contribution >= 4 is 17.5 Å². The molecule has 2 unspecified atom stereocenters. The van der Waals surface area contributed by atoms with Crippen molar-refractivity contribution in [1.29, 1.82) is 0 Å². The SMILES string of the molecule is CC(C1=CCc2c1cccc2-c1ccc(F)cc1)C1CCCCN1/C(=C\C(=O)O)C(=O)O. The van der Waals surface area contributed by atoms with Gasteiger partial charge in [-0.3, -0.25) is 0 Å². The van der Waals surface area contributed by atoms with Gasteiger partial charge in [0.25, 0.3) is 0 Å². The third-order valence-electron chi connectivity index (χ3n) is 6.57. The summed E-state index contributed by atoms with van der Waals surface area (Å²) in [5, 5.41) is 18.8. The Balaban J connectivity index is 1.67. The maximum absolute atomic E-state index is 13.4. The van der Waals surface area contributed by atoms with Gasteiger partial charge >= 0.3 is 11.9 Å². The summed E-state index contributed by atoms with van der Waals surface area (Å²) in [6.07, 6.45) is 6.36. The van der Waals surface area contributed by atoms with Crippen LogP contribution in [-0.2, 0) is 16.0 Å². The Labute approximate surface area is 186 Å². The zero-order chi connectivity index (χ0) is 22.8. The molecule has 1 saturated heterocycles. The molecule has 0 spiro atoms. The van der Waals surface area contributed by atoms with Crippen LogP contribution in [0.3, 0.4) is 0 Å². The number of likely N-dealkylation sites (tertiary alicyclic amines) is 1. The van der Waals surface area contributed by atoms with Crippen LogP contribution < -0.4 is 0 Å². The fraction of sp³-hybridized carbons (Fsp3) is 0.308. The van der Waals surface area contributed by atoms with Gasteiger partial charge in [0.1, 0.15) is 11.5 Å². The molecule has 4 rings (SSSR count). The molecular weight excluding hydrogens is 409 g/mol. The molecule has 0 radical (unpaired) electrons. The van der Waals surface area contributed by atoms with Crippen molar-refractivity contribution in [2.45, 2.75) is 38.6 Å². The lowest BCUT2D eigenvalue weighted by Crippen LogP contribution is -2.45. The topological polar surface area (TPSA) is 77.8 Å². The Kier molecular flexibility index (Phi) is 6.12. The zero-order valence-corrected chi connectivity index (χ0v) is 17.9. The van der Waals surface area contributed by atoms with Gasteiger partial charge in [-0.15, -0.1) is 0 Å². The van der Waals surface area contributed by atoms with Gasteiger partial charge in [-0.25, -0.2) is 14.0 Å². The van der Waals surface area contributed by atoms with Gasteiger partial charge in [0.2, 0.25) is 0 Å². The quantitative estimate of drug-likeness (QED) is 0.626. The minimum atomic E-state index is -1.26. The lowest BCUT2D eigenvalue weighted by molar-refractivity contribution is -0.137. The summed E-state index contributed by atoms with van der Waals surface area (Å²) in [5.41, 5.74) is 5.33. The first kappa shape index (κ1) is 21.8. The average Bonchev–Trinajstić information content (AvgIpc) is 3.21. The molecule has 0 saturated carbocycles. The fourth-order valence-corrected chi connectivity index (χ4v) is 5.10. The second-order valence-electron chi connectivity index (χ2n) is 8.42. The standard InChI is InChI=1S/C26H26FNO4/c1-16(23-7-2-3-14-28(23)24(26(31)32)15-25(29)30)19-12-13-22-20(5-4-6-21(19)22)17-8-10-18(27)11-9-17/h4-6,8-12,15-16,23H,2-3,7,13-14H2,1H3,(H,29,30)(H,31,32)/b24-15-. The molecule has 32 heavy (non-hydrogen) atoms. The van der Waals surface area contributed by atoms with Gasteiger partial charge in [-0.2, -0.15) is 0 Å². The van der Waals surface area contributed by atoms with E-state index in [2.05, 4.69) is 19.1 Å². The second-order valence-corrected chi connectivity index (χ2v) is 8.42. The molecule has 2 atom stereocenters. The van der Waals surface area contributed by atoms with Gasteiger partial charge in [-0.1, -0.05) is 43.3 Å². The van der Waals surface area contributed by atoms with Crippen molar-refractivity contribution in [1.82, 2.24) is 4.90 Å². The predicted octanol–water partition coefficient (Wildman–Crippen LogP) is 4.98. The molecule has 0 bridgehead atoms. The number of hydrogen-bond donors (Lipinski definition) is 2. The average molecular weight is 435 g/mol. The number of hydrogen-bond acceptors (Lipinski definition) is 3. The van der Waals surface area contributed by atoms with Gasteiger partial charge < -0.3 is 15.1 Å². The summed E-state index contributed by atoms with van der Waals surface area (Å²) in [7, 11) is 0. The van der Waals surface area contributed by atoms with E-state index in [1.54, 1.807) is 17.0 Å². The van der Waals surface area contributed by atoms with Crippen LogP contribution >= 0.6 is 0 Å². The van der Waals surface area contributed by atoms with Crippen LogP contribution in [0.2, 0.25) is 0 Å². The van der Waals surface area contributed by atoms with E-state index in [0.717, 1.165) is 54.0 Å². The van der Waals surface area contributed by atoms with Crippen molar-refractivity contribution in [3.8, 4) is 11.1 Å². The number of carbonyl (C=O) groups is 2.